The second kappa shape index (κ2) is 6.31. The first-order valence-corrected chi connectivity index (χ1v) is 7.20. The molecule has 0 saturated carbocycles. The van der Waals surface area contributed by atoms with Crippen molar-refractivity contribution in [2.24, 2.45) is 5.73 Å². The van der Waals surface area contributed by atoms with Crippen molar-refractivity contribution in [2.75, 3.05) is 20.3 Å². The highest BCUT2D eigenvalue weighted by molar-refractivity contribution is 7.10. The minimum atomic E-state index is -0.439. The Kier molecular flexibility index (Phi) is 4.74. The van der Waals surface area contributed by atoms with Crippen LogP contribution in [0.15, 0.2) is 17.5 Å². The van der Waals surface area contributed by atoms with Gasteiger partial charge in [-0.2, -0.15) is 0 Å². The van der Waals surface area contributed by atoms with Crippen LogP contribution in [0.3, 0.4) is 0 Å². The molecule has 0 aliphatic carbocycles. The van der Waals surface area contributed by atoms with Gasteiger partial charge in [0.05, 0.1) is 12.1 Å². The van der Waals surface area contributed by atoms with Crippen LogP contribution in [0, 0.1) is 0 Å². The van der Waals surface area contributed by atoms with Gasteiger partial charge in [-0.25, -0.2) is 0 Å². The molecule has 4 nitrogen and oxygen atoms in total. The lowest BCUT2D eigenvalue weighted by molar-refractivity contribution is -0.133. The number of likely N-dealkylation sites (tertiary alicyclic amines) is 1. The molecule has 2 rings (SSSR count). The molecule has 2 atom stereocenters. The van der Waals surface area contributed by atoms with Gasteiger partial charge < -0.3 is 15.4 Å². The van der Waals surface area contributed by atoms with Crippen LogP contribution < -0.4 is 5.73 Å². The zero-order valence-electron chi connectivity index (χ0n) is 10.7. The summed E-state index contributed by atoms with van der Waals surface area (Å²) in [6.07, 6.45) is 2.69. The van der Waals surface area contributed by atoms with E-state index in [2.05, 4.69) is 11.4 Å². The fourth-order valence-corrected chi connectivity index (χ4v) is 3.26. The van der Waals surface area contributed by atoms with Crippen molar-refractivity contribution in [3.8, 4) is 0 Å². The van der Waals surface area contributed by atoms with Crippen LogP contribution >= 0.6 is 11.3 Å². The molecular formula is C13H20N2O2S. The van der Waals surface area contributed by atoms with Crippen LogP contribution in [-0.4, -0.2) is 37.1 Å². The molecule has 0 aromatic carbocycles. The summed E-state index contributed by atoms with van der Waals surface area (Å²) in [7, 11) is 1.63. The standard InChI is InChI=1S/C13H20N2O2S/c1-17-8-6-10(14)13(16)15-7-2-4-11(15)12-5-3-9-18-12/h3,5,9-11H,2,4,6-8,14H2,1H3. The van der Waals surface area contributed by atoms with Crippen LogP contribution in [0.1, 0.15) is 30.2 Å². The monoisotopic (exact) mass is 268 g/mol. The van der Waals surface area contributed by atoms with Gasteiger partial charge in [0, 0.05) is 25.1 Å². The summed E-state index contributed by atoms with van der Waals surface area (Å²) in [5.41, 5.74) is 5.93. The molecule has 1 fully saturated rings. The molecule has 0 spiro atoms. The molecule has 18 heavy (non-hydrogen) atoms. The molecule has 5 heteroatoms. The number of carbonyl (C=O) groups is 1. The molecule has 0 radical (unpaired) electrons. The quantitative estimate of drug-likeness (QED) is 0.885. The van der Waals surface area contributed by atoms with E-state index >= 15 is 0 Å². The Morgan fingerprint density at radius 1 is 1.72 bits per heavy atom. The lowest BCUT2D eigenvalue weighted by Crippen LogP contribution is -2.43. The minimum absolute atomic E-state index is 0.0583. The molecule has 2 N–H and O–H groups in total. The predicted octanol–water partition coefficient (Wildman–Crippen LogP) is 1.78. The Balaban J connectivity index is 2.00. The van der Waals surface area contributed by atoms with E-state index in [-0.39, 0.29) is 11.9 Å². The number of carbonyl (C=O) groups excluding carboxylic acids is 1. The Morgan fingerprint density at radius 2 is 2.56 bits per heavy atom. The summed E-state index contributed by atoms with van der Waals surface area (Å²) >= 11 is 1.71. The van der Waals surface area contributed by atoms with E-state index in [0.29, 0.717) is 13.0 Å². The van der Waals surface area contributed by atoms with Gasteiger partial charge in [-0.3, -0.25) is 4.79 Å². The normalized spacial score (nSPS) is 21.2. The van der Waals surface area contributed by atoms with Gasteiger partial charge >= 0.3 is 0 Å². The lowest BCUT2D eigenvalue weighted by atomic mass is 10.1. The summed E-state index contributed by atoms with van der Waals surface area (Å²) < 4.78 is 4.98. The number of hydrogen-bond acceptors (Lipinski definition) is 4. The largest absolute Gasteiger partial charge is 0.385 e. The molecule has 1 aromatic heterocycles. The second-order valence-electron chi connectivity index (χ2n) is 4.59. The smallest absolute Gasteiger partial charge is 0.240 e. The van der Waals surface area contributed by atoms with E-state index < -0.39 is 6.04 Å². The number of nitrogens with zero attached hydrogens (tertiary/aromatic N) is 1. The maximum absolute atomic E-state index is 12.3. The molecule has 2 heterocycles. The Bertz CT molecular complexity index is 380. The van der Waals surface area contributed by atoms with E-state index in [9.17, 15) is 4.79 Å². The zero-order valence-corrected chi connectivity index (χ0v) is 11.5. The Hall–Kier alpha value is -0.910. The van der Waals surface area contributed by atoms with Crippen molar-refractivity contribution in [1.29, 1.82) is 0 Å². The van der Waals surface area contributed by atoms with Gasteiger partial charge in [-0.15, -0.1) is 11.3 Å². The van der Waals surface area contributed by atoms with Crippen molar-refractivity contribution in [3.05, 3.63) is 22.4 Å². The maximum atomic E-state index is 12.3. The van der Waals surface area contributed by atoms with E-state index in [0.717, 1.165) is 19.4 Å². The van der Waals surface area contributed by atoms with Gasteiger partial charge in [0.15, 0.2) is 0 Å². The maximum Gasteiger partial charge on any atom is 0.240 e. The van der Waals surface area contributed by atoms with Gasteiger partial charge in [0.1, 0.15) is 0 Å². The van der Waals surface area contributed by atoms with E-state index in [1.54, 1.807) is 18.4 Å². The summed E-state index contributed by atoms with van der Waals surface area (Å²) in [4.78, 5) is 15.5. The highest BCUT2D eigenvalue weighted by Gasteiger charge is 2.32. The third-order valence-corrected chi connectivity index (χ3v) is 4.33. The SMILES string of the molecule is COCCC(N)C(=O)N1CCCC1c1cccs1. The fourth-order valence-electron chi connectivity index (χ4n) is 2.39. The molecule has 1 aromatic rings. The number of ether oxygens (including phenoxy) is 1. The summed E-state index contributed by atoms with van der Waals surface area (Å²) in [6.45, 7) is 1.35. The number of amides is 1. The fraction of sp³-hybridized carbons (Fsp3) is 0.615. The first-order valence-electron chi connectivity index (χ1n) is 6.32. The number of hydrogen-bond donors (Lipinski definition) is 1. The molecule has 0 bridgehead atoms. The molecule has 100 valence electrons. The predicted molar refractivity (Wildman–Crippen MR) is 72.5 cm³/mol. The number of nitrogens with two attached hydrogens (primary N) is 1. The second-order valence-corrected chi connectivity index (χ2v) is 5.57. The van der Waals surface area contributed by atoms with Gasteiger partial charge in [0.25, 0.3) is 0 Å². The summed E-state index contributed by atoms with van der Waals surface area (Å²) in [5, 5.41) is 2.06. The molecule has 1 aliphatic rings. The van der Waals surface area contributed by atoms with Crippen molar-refractivity contribution in [3.63, 3.8) is 0 Å². The first-order chi connectivity index (χ1) is 8.74. The summed E-state index contributed by atoms with van der Waals surface area (Å²) in [5.74, 6) is 0.0583. The lowest BCUT2D eigenvalue weighted by Gasteiger charge is -2.26. The van der Waals surface area contributed by atoms with Crippen LogP contribution in [0.25, 0.3) is 0 Å². The number of rotatable bonds is 5. The Morgan fingerprint density at radius 3 is 3.22 bits per heavy atom. The van der Waals surface area contributed by atoms with Crippen LogP contribution in [-0.2, 0) is 9.53 Å². The van der Waals surface area contributed by atoms with Gasteiger partial charge in [-0.05, 0) is 30.7 Å². The molecular weight excluding hydrogens is 248 g/mol. The summed E-state index contributed by atoms with van der Waals surface area (Å²) in [6, 6.07) is 3.92. The minimum Gasteiger partial charge on any atom is -0.385 e. The molecule has 1 saturated heterocycles. The van der Waals surface area contributed by atoms with E-state index in [1.807, 2.05) is 11.0 Å². The van der Waals surface area contributed by atoms with Crippen molar-refractivity contribution in [2.45, 2.75) is 31.3 Å². The topological polar surface area (TPSA) is 55.6 Å². The number of thiophene rings is 1. The van der Waals surface area contributed by atoms with Gasteiger partial charge in [0.2, 0.25) is 5.91 Å². The molecule has 1 amide bonds. The molecule has 2 unspecified atom stereocenters. The third-order valence-electron chi connectivity index (χ3n) is 3.36. The average molecular weight is 268 g/mol. The van der Waals surface area contributed by atoms with Crippen molar-refractivity contribution < 1.29 is 9.53 Å². The van der Waals surface area contributed by atoms with Crippen LogP contribution in [0.2, 0.25) is 0 Å². The number of methoxy groups -OCH3 is 1. The van der Waals surface area contributed by atoms with Crippen molar-refractivity contribution in [1.82, 2.24) is 4.90 Å². The molecule has 1 aliphatic heterocycles. The highest BCUT2D eigenvalue weighted by atomic mass is 32.1. The Labute approximate surface area is 112 Å². The zero-order chi connectivity index (χ0) is 13.0. The van der Waals surface area contributed by atoms with E-state index in [4.69, 9.17) is 10.5 Å². The van der Waals surface area contributed by atoms with Gasteiger partial charge in [-0.1, -0.05) is 6.07 Å². The van der Waals surface area contributed by atoms with Crippen LogP contribution in [0.4, 0.5) is 0 Å². The highest BCUT2D eigenvalue weighted by Crippen LogP contribution is 2.34. The van der Waals surface area contributed by atoms with Crippen LogP contribution in [0.5, 0.6) is 0 Å². The third kappa shape index (κ3) is 2.91. The first kappa shape index (κ1) is 13.5. The van der Waals surface area contributed by atoms with Crippen molar-refractivity contribution >= 4 is 17.2 Å². The average Bonchev–Trinajstić information content (AvgIpc) is 3.03. The van der Waals surface area contributed by atoms with E-state index in [1.165, 1.54) is 4.88 Å².